The maximum absolute atomic E-state index is 12.0. The van der Waals surface area contributed by atoms with Crippen LogP contribution < -0.4 is 4.72 Å². The van der Waals surface area contributed by atoms with Crippen LogP contribution in [-0.4, -0.2) is 14.5 Å². The van der Waals surface area contributed by atoms with Crippen LogP contribution in [-0.2, 0) is 15.8 Å². The number of nitrogens with one attached hydrogen (secondary N) is 1. The third-order valence-electron chi connectivity index (χ3n) is 2.76. The predicted octanol–water partition coefficient (Wildman–Crippen LogP) is 3.46. The van der Waals surface area contributed by atoms with Crippen LogP contribution in [0.2, 0.25) is 10.0 Å². The number of halogens is 2. The molecular formula is C12H17Cl2NO2S. The van der Waals surface area contributed by atoms with E-state index in [1.165, 1.54) is 0 Å². The molecule has 6 heteroatoms. The first kappa shape index (κ1) is 15.8. The van der Waals surface area contributed by atoms with Crippen LogP contribution in [0.1, 0.15) is 26.3 Å². The van der Waals surface area contributed by atoms with Crippen LogP contribution in [0.15, 0.2) is 18.2 Å². The molecule has 1 atom stereocenters. The van der Waals surface area contributed by atoms with Crippen LogP contribution >= 0.6 is 23.2 Å². The van der Waals surface area contributed by atoms with Gasteiger partial charge in [0, 0.05) is 21.7 Å². The van der Waals surface area contributed by atoms with E-state index in [2.05, 4.69) is 4.72 Å². The van der Waals surface area contributed by atoms with Crippen LogP contribution in [0.5, 0.6) is 0 Å². The normalized spacial score (nSPS) is 13.9. The Kier molecular flexibility index (Phi) is 5.46. The minimum atomic E-state index is -3.44. The van der Waals surface area contributed by atoms with Crippen LogP contribution in [0.4, 0.5) is 0 Å². The van der Waals surface area contributed by atoms with E-state index in [1.54, 1.807) is 18.2 Å². The Balaban J connectivity index is 2.90. The number of benzene rings is 1. The Morgan fingerprint density at radius 1 is 1.17 bits per heavy atom. The lowest BCUT2D eigenvalue weighted by atomic mass is 10.1. The van der Waals surface area contributed by atoms with Gasteiger partial charge in [-0.05, 0) is 25.0 Å². The van der Waals surface area contributed by atoms with Crippen molar-refractivity contribution in [1.82, 2.24) is 4.72 Å². The molecule has 0 aliphatic carbocycles. The molecule has 0 saturated carbocycles. The molecule has 0 spiro atoms. The molecule has 0 heterocycles. The van der Waals surface area contributed by atoms with E-state index in [9.17, 15) is 8.42 Å². The van der Waals surface area contributed by atoms with Crippen molar-refractivity contribution in [3.63, 3.8) is 0 Å². The number of hydrogen-bond donors (Lipinski definition) is 1. The highest BCUT2D eigenvalue weighted by molar-refractivity contribution is 7.88. The van der Waals surface area contributed by atoms with Crippen molar-refractivity contribution < 1.29 is 8.42 Å². The van der Waals surface area contributed by atoms with Crippen molar-refractivity contribution in [2.24, 2.45) is 5.92 Å². The molecule has 0 fully saturated rings. The third kappa shape index (κ3) is 4.43. The molecular weight excluding hydrogens is 293 g/mol. The highest BCUT2D eigenvalue weighted by Crippen LogP contribution is 2.26. The molecule has 3 nitrogen and oxygen atoms in total. The quantitative estimate of drug-likeness (QED) is 0.905. The summed E-state index contributed by atoms with van der Waals surface area (Å²) in [7, 11) is -3.44. The Morgan fingerprint density at radius 2 is 1.67 bits per heavy atom. The topological polar surface area (TPSA) is 46.2 Å². The Labute approximate surface area is 119 Å². The van der Waals surface area contributed by atoms with E-state index < -0.39 is 10.0 Å². The summed E-state index contributed by atoms with van der Waals surface area (Å²) in [5, 5.41) is 0.732. The first-order valence-corrected chi connectivity index (χ1v) is 8.06. The van der Waals surface area contributed by atoms with Crippen molar-refractivity contribution >= 4 is 33.2 Å². The summed E-state index contributed by atoms with van der Waals surface area (Å²) in [6.07, 6.45) is 0. The minimum absolute atomic E-state index is 0.128. The van der Waals surface area contributed by atoms with Crippen LogP contribution in [0.25, 0.3) is 0 Å². The highest BCUT2D eigenvalue weighted by Gasteiger charge is 2.20. The highest BCUT2D eigenvalue weighted by atomic mass is 35.5. The summed E-state index contributed by atoms with van der Waals surface area (Å²) in [6.45, 7) is 5.74. The monoisotopic (exact) mass is 309 g/mol. The Morgan fingerprint density at radius 3 is 2.11 bits per heavy atom. The van der Waals surface area contributed by atoms with Gasteiger partial charge < -0.3 is 0 Å². The fourth-order valence-electron chi connectivity index (χ4n) is 1.32. The van der Waals surface area contributed by atoms with Gasteiger partial charge in [-0.15, -0.1) is 0 Å². The Hall–Kier alpha value is -0.290. The molecule has 0 unspecified atom stereocenters. The van der Waals surface area contributed by atoms with E-state index in [4.69, 9.17) is 23.2 Å². The smallest absolute Gasteiger partial charge is 0.212 e. The van der Waals surface area contributed by atoms with Gasteiger partial charge in [-0.25, -0.2) is 13.1 Å². The second kappa shape index (κ2) is 6.24. The van der Waals surface area contributed by atoms with E-state index in [0.717, 1.165) is 0 Å². The standard InChI is InChI=1S/C12H17Cl2NO2S/c1-8(2)9(3)15-18(16,17)7-10-11(13)5-4-6-12(10)14/h4-6,8-9,15H,7H2,1-3H3/t9-/m1/s1. The molecule has 0 aliphatic rings. The second-order valence-corrected chi connectivity index (χ2v) is 7.18. The SMILES string of the molecule is CC(C)[C@@H](C)NS(=O)(=O)Cc1c(Cl)cccc1Cl. The molecule has 1 N–H and O–H groups in total. The van der Waals surface area contributed by atoms with E-state index in [1.807, 2.05) is 20.8 Å². The summed E-state index contributed by atoms with van der Waals surface area (Å²) in [5.74, 6) is 0.0178. The zero-order valence-electron chi connectivity index (χ0n) is 10.6. The van der Waals surface area contributed by atoms with Gasteiger partial charge in [0.1, 0.15) is 0 Å². The fraction of sp³-hybridized carbons (Fsp3) is 0.500. The average Bonchev–Trinajstić information content (AvgIpc) is 2.23. The lowest BCUT2D eigenvalue weighted by Crippen LogP contribution is -2.36. The predicted molar refractivity (Wildman–Crippen MR) is 76.5 cm³/mol. The van der Waals surface area contributed by atoms with Crippen molar-refractivity contribution in [1.29, 1.82) is 0 Å². The van der Waals surface area contributed by atoms with Crippen molar-refractivity contribution in [3.8, 4) is 0 Å². The molecule has 1 aromatic carbocycles. The third-order valence-corrected chi connectivity index (χ3v) is 4.87. The van der Waals surface area contributed by atoms with Crippen LogP contribution in [0, 0.1) is 5.92 Å². The lowest BCUT2D eigenvalue weighted by molar-refractivity contribution is 0.476. The maximum Gasteiger partial charge on any atom is 0.216 e. The zero-order valence-corrected chi connectivity index (χ0v) is 12.9. The molecule has 1 aromatic rings. The van der Waals surface area contributed by atoms with Gasteiger partial charge in [0.05, 0.1) is 5.75 Å². The van der Waals surface area contributed by atoms with Gasteiger partial charge in [0.2, 0.25) is 10.0 Å². The molecule has 102 valence electrons. The first-order valence-electron chi connectivity index (χ1n) is 5.66. The Bertz CT molecular complexity index is 495. The largest absolute Gasteiger partial charge is 0.216 e. The van der Waals surface area contributed by atoms with Gasteiger partial charge >= 0.3 is 0 Å². The number of hydrogen-bond acceptors (Lipinski definition) is 2. The van der Waals surface area contributed by atoms with Crippen LogP contribution in [0.3, 0.4) is 0 Å². The molecule has 0 radical (unpaired) electrons. The number of rotatable bonds is 5. The maximum atomic E-state index is 12.0. The van der Waals surface area contributed by atoms with E-state index in [-0.39, 0.29) is 17.7 Å². The molecule has 0 bridgehead atoms. The van der Waals surface area contributed by atoms with Crippen molar-refractivity contribution in [2.75, 3.05) is 0 Å². The lowest BCUT2D eigenvalue weighted by Gasteiger charge is -2.18. The van der Waals surface area contributed by atoms with E-state index >= 15 is 0 Å². The summed E-state index contributed by atoms with van der Waals surface area (Å²) in [4.78, 5) is 0. The van der Waals surface area contributed by atoms with Gasteiger partial charge in [0.25, 0.3) is 0 Å². The van der Waals surface area contributed by atoms with E-state index in [0.29, 0.717) is 15.6 Å². The van der Waals surface area contributed by atoms with Gasteiger partial charge in [-0.2, -0.15) is 0 Å². The summed E-state index contributed by atoms with van der Waals surface area (Å²) in [6, 6.07) is 4.82. The second-order valence-electron chi connectivity index (χ2n) is 4.61. The number of sulfonamides is 1. The molecule has 0 aliphatic heterocycles. The van der Waals surface area contributed by atoms with Gasteiger partial charge in [0.15, 0.2) is 0 Å². The molecule has 1 rings (SSSR count). The van der Waals surface area contributed by atoms with Gasteiger partial charge in [-0.3, -0.25) is 0 Å². The fourth-order valence-corrected chi connectivity index (χ4v) is 3.62. The molecule has 0 aromatic heterocycles. The van der Waals surface area contributed by atoms with Gasteiger partial charge in [-0.1, -0.05) is 43.1 Å². The summed E-state index contributed by atoms with van der Waals surface area (Å²) in [5.41, 5.74) is 0.435. The zero-order chi connectivity index (χ0) is 13.9. The first-order chi connectivity index (χ1) is 8.23. The summed E-state index contributed by atoms with van der Waals surface area (Å²) < 4.78 is 26.6. The molecule has 0 saturated heterocycles. The average molecular weight is 310 g/mol. The molecule has 18 heavy (non-hydrogen) atoms. The van der Waals surface area contributed by atoms with Crippen molar-refractivity contribution in [3.05, 3.63) is 33.8 Å². The summed E-state index contributed by atoms with van der Waals surface area (Å²) >= 11 is 11.9. The molecule has 0 amide bonds. The van der Waals surface area contributed by atoms with Crippen molar-refractivity contribution in [2.45, 2.75) is 32.6 Å². The minimum Gasteiger partial charge on any atom is -0.212 e.